The summed E-state index contributed by atoms with van der Waals surface area (Å²) in [5.74, 6) is 0. The summed E-state index contributed by atoms with van der Waals surface area (Å²) in [7, 11) is 0. The van der Waals surface area contributed by atoms with Gasteiger partial charge in [-0.2, -0.15) is 13.2 Å². The molecule has 90 valence electrons. The van der Waals surface area contributed by atoms with Gasteiger partial charge in [-0.25, -0.2) is 0 Å². The Kier molecular flexibility index (Phi) is 4.32. The molecule has 2 N–H and O–H groups in total. The van der Waals surface area contributed by atoms with Crippen molar-refractivity contribution in [2.45, 2.75) is 18.6 Å². The quantitative estimate of drug-likeness (QED) is 0.844. The first-order valence-electron chi connectivity index (χ1n) is 4.54. The van der Waals surface area contributed by atoms with E-state index in [1.54, 1.807) is 0 Å². The Balaban J connectivity index is 3.09. The van der Waals surface area contributed by atoms with Crippen molar-refractivity contribution in [2.24, 2.45) is 5.73 Å². The molecule has 1 rings (SSSR count). The lowest BCUT2D eigenvalue weighted by atomic mass is 10.0. The zero-order valence-corrected chi connectivity index (χ0v) is 9.78. The van der Waals surface area contributed by atoms with Crippen LogP contribution in [-0.4, -0.2) is 6.67 Å². The van der Waals surface area contributed by atoms with E-state index < -0.39 is 24.5 Å². The van der Waals surface area contributed by atoms with E-state index in [9.17, 15) is 17.6 Å². The van der Waals surface area contributed by atoms with Crippen LogP contribution in [0.4, 0.5) is 17.6 Å². The molecule has 0 bridgehead atoms. The van der Waals surface area contributed by atoms with E-state index in [-0.39, 0.29) is 12.0 Å². The molecule has 0 amide bonds. The Bertz CT molecular complexity index is 364. The lowest BCUT2D eigenvalue weighted by Gasteiger charge is -2.15. The Labute approximate surface area is 98.8 Å². The number of alkyl halides is 4. The summed E-state index contributed by atoms with van der Waals surface area (Å²) in [6, 6.07) is 2.44. The van der Waals surface area contributed by atoms with Gasteiger partial charge in [-0.1, -0.05) is 15.9 Å². The van der Waals surface area contributed by atoms with E-state index in [0.29, 0.717) is 4.47 Å². The van der Waals surface area contributed by atoms with Crippen LogP contribution in [0, 0.1) is 0 Å². The summed E-state index contributed by atoms with van der Waals surface area (Å²) in [6.07, 6.45) is -4.41. The van der Waals surface area contributed by atoms with Crippen molar-refractivity contribution >= 4 is 15.9 Å². The predicted molar refractivity (Wildman–Crippen MR) is 56.7 cm³/mol. The van der Waals surface area contributed by atoms with Crippen molar-refractivity contribution in [3.8, 4) is 0 Å². The van der Waals surface area contributed by atoms with Gasteiger partial charge in [0.1, 0.15) is 0 Å². The van der Waals surface area contributed by atoms with Gasteiger partial charge in [0.15, 0.2) is 0 Å². The molecule has 0 radical (unpaired) electrons. The fourth-order valence-electron chi connectivity index (χ4n) is 1.28. The van der Waals surface area contributed by atoms with Gasteiger partial charge in [-0.15, -0.1) is 0 Å². The number of hydrogen-bond donors (Lipinski definition) is 1. The lowest BCUT2D eigenvalue weighted by molar-refractivity contribution is -0.137. The summed E-state index contributed by atoms with van der Waals surface area (Å²) in [5.41, 5.74) is 5.07. The van der Waals surface area contributed by atoms with Crippen molar-refractivity contribution in [3.63, 3.8) is 0 Å². The number of rotatable bonds is 3. The molecule has 6 heteroatoms. The van der Waals surface area contributed by atoms with Crippen LogP contribution in [0.1, 0.15) is 23.6 Å². The first kappa shape index (κ1) is 13.4. The maximum absolute atomic E-state index is 12.4. The molecule has 1 atom stereocenters. The SMILES string of the molecule is N[C@@H](CCF)c1cc(C(F)(F)F)ccc1Br. The highest BCUT2D eigenvalue weighted by molar-refractivity contribution is 9.10. The molecule has 0 aliphatic rings. The Morgan fingerprint density at radius 1 is 1.31 bits per heavy atom. The van der Waals surface area contributed by atoms with Crippen LogP contribution in [0.2, 0.25) is 0 Å². The molecule has 0 fully saturated rings. The smallest absolute Gasteiger partial charge is 0.324 e. The van der Waals surface area contributed by atoms with E-state index in [0.717, 1.165) is 12.1 Å². The Morgan fingerprint density at radius 3 is 2.44 bits per heavy atom. The minimum atomic E-state index is -4.41. The lowest BCUT2D eigenvalue weighted by Crippen LogP contribution is -2.14. The topological polar surface area (TPSA) is 26.0 Å². The highest BCUT2D eigenvalue weighted by atomic mass is 79.9. The van der Waals surface area contributed by atoms with Gasteiger partial charge in [-0.3, -0.25) is 4.39 Å². The zero-order valence-electron chi connectivity index (χ0n) is 8.19. The van der Waals surface area contributed by atoms with Crippen LogP contribution < -0.4 is 5.73 Å². The minimum absolute atomic E-state index is 0.0000888. The second-order valence-corrected chi connectivity index (χ2v) is 4.17. The molecule has 1 nitrogen and oxygen atoms in total. The second-order valence-electron chi connectivity index (χ2n) is 3.32. The molecule has 1 aromatic carbocycles. The second kappa shape index (κ2) is 5.14. The van der Waals surface area contributed by atoms with Crippen molar-refractivity contribution in [1.82, 2.24) is 0 Å². The first-order valence-corrected chi connectivity index (χ1v) is 5.33. The molecule has 0 aromatic heterocycles. The maximum atomic E-state index is 12.4. The third-order valence-electron chi connectivity index (χ3n) is 2.14. The average molecular weight is 300 g/mol. The van der Waals surface area contributed by atoms with Crippen LogP contribution in [0.5, 0.6) is 0 Å². The molecule has 0 heterocycles. The Morgan fingerprint density at radius 2 is 1.94 bits per heavy atom. The molecular weight excluding hydrogens is 290 g/mol. The maximum Gasteiger partial charge on any atom is 0.416 e. The number of benzene rings is 1. The molecule has 0 unspecified atom stereocenters. The molecule has 0 aliphatic heterocycles. The van der Waals surface area contributed by atoms with Gasteiger partial charge >= 0.3 is 6.18 Å². The summed E-state index contributed by atoms with van der Waals surface area (Å²) in [6.45, 7) is -0.663. The highest BCUT2D eigenvalue weighted by Gasteiger charge is 2.31. The number of halogens is 5. The zero-order chi connectivity index (χ0) is 12.3. The van der Waals surface area contributed by atoms with Gasteiger partial charge in [0.2, 0.25) is 0 Å². The van der Waals surface area contributed by atoms with E-state index in [2.05, 4.69) is 15.9 Å². The van der Waals surface area contributed by atoms with Gasteiger partial charge in [0.05, 0.1) is 12.2 Å². The van der Waals surface area contributed by atoms with E-state index in [4.69, 9.17) is 5.73 Å². The first-order chi connectivity index (χ1) is 7.36. The van der Waals surface area contributed by atoms with Crippen LogP contribution in [0.3, 0.4) is 0 Å². The predicted octanol–water partition coefficient (Wildman–Crippen LogP) is 3.83. The molecule has 0 saturated carbocycles. The van der Waals surface area contributed by atoms with Crippen molar-refractivity contribution in [2.75, 3.05) is 6.67 Å². The van der Waals surface area contributed by atoms with E-state index in [1.165, 1.54) is 6.07 Å². The van der Waals surface area contributed by atoms with Crippen LogP contribution in [0.25, 0.3) is 0 Å². The van der Waals surface area contributed by atoms with Crippen LogP contribution in [-0.2, 0) is 6.18 Å². The van der Waals surface area contributed by atoms with Crippen molar-refractivity contribution in [3.05, 3.63) is 33.8 Å². The van der Waals surface area contributed by atoms with Gasteiger partial charge in [-0.05, 0) is 30.2 Å². The number of nitrogens with two attached hydrogens (primary N) is 1. The third kappa shape index (κ3) is 3.18. The van der Waals surface area contributed by atoms with Crippen molar-refractivity contribution < 1.29 is 17.6 Å². The highest BCUT2D eigenvalue weighted by Crippen LogP contribution is 2.34. The standard InChI is InChI=1S/C10H10BrF4N/c11-8-2-1-6(10(13,14)15)5-7(8)9(16)3-4-12/h1-2,5,9H,3-4,16H2/t9-/m0/s1. The summed E-state index contributed by atoms with van der Waals surface area (Å²) < 4.78 is 49.8. The monoisotopic (exact) mass is 299 g/mol. The molecule has 1 aromatic rings. The summed E-state index contributed by atoms with van der Waals surface area (Å²) >= 11 is 3.10. The van der Waals surface area contributed by atoms with Crippen LogP contribution in [0.15, 0.2) is 22.7 Å². The average Bonchev–Trinajstić information content (AvgIpc) is 2.16. The van der Waals surface area contributed by atoms with Gasteiger partial charge in [0.25, 0.3) is 0 Å². The van der Waals surface area contributed by atoms with Gasteiger partial charge in [0, 0.05) is 10.5 Å². The Hall–Kier alpha value is -0.620. The number of hydrogen-bond acceptors (Lipinski definition) is 1. The fraction of sp³-hybridized carbons (Fsp3) is 0.400. The summed E-state index contributed by atoms with van der Waals surface area (Å²) in [4.78, 5) is 0. The fourth-order valence-corrected chi connectivity index (χ4v) is 1.82. The van der Waals surface area contributed by atoms with Crippen molar-refractivity contribution in [1.29, 1.82) is 0 Å². The molecular formula is C10H10BrF4N. The van der Waals surface area contributed by atoms with Gasteiger partial charge < -0.3 is 5.73 Å². The molecule has 0 saturated heterocycles. The summed E-state index contributed by atoms with van der Waals surface area (Å²) in [5, 5.41) is 0. The van der Waals surface area contributed by atoms with Crippen LogP contribution >= 0.6 is 15.9 Å². The van der Waals surface area contributed by atoms with E-state index in [1.807, 2.05) is 0 Å². The van der Waals surface area contributed by atoms with E-state index >= 15 is 0 Å². The molecule has 0 aliphatic carbocycles. The molecule has 16 heavy (non-hydrogen) atoms. The normalized spacial score (nSPS) is 13.9. The third-order valence-corrected chi connectivity index (χ3v) is 2.87. The largest absolute Gasteiger partial charge is 0.416 e. The minimum Gasteiger partial charge on any atom is -0.324 e. The molecule has 0 spiro atoms.